The summed E-state index contributed by atoms with van der Waals surface area (Å²) in [5.41, 5.74) is 8.74. The van der Waals surface area contributed by atoms with Gasteiger partial charge in [0.05, 0.1) is 11.4 Å². The molecule has 3 N–H and O–H groups in total. The highest BCUT2D eigenvalue weighted by molar-refractivity contribution is 9.10. The summed E-state index contributed by atoms with van der Waals surface area (Å²) in [6, 6.07) is 9.75. The van der Waals surface area contributed by atoms with Gasteiger partial charge in [-0.3, -0.25) is 4.98 Å². The number of hydrogen-bond acceptors (Lipinski definition) is 3. The Kier molecular flexibility index (Phi) is 3.41. The van der Waals surface area contributed by atoms with E-state index in [1.54, 1.807) is 12.4 Å². The van der Waals surface area contributed by atoms with Crippen molar-refractivity contribution in [1.82, 2.24) is 4.98 Å². The molecule has 0 saturated carbocycles. The zero-order valence-electron chi connectivity index (χ0n) is 8.65. The van der Waals surface area contributed by atoms with Gasteiger partial charge in [0.15, 0.2) is 0 Å². The highest BCUT2D eigenvalue weighted by Gasteiger charge is 1.99. The SMILES string of the molecule is Nc1cc(Br)ccc1NCc1ccncc1. The predicted octanol–water partition coefficient (Wildman–Crippen LogP) is 3.04. The molecule has 1 heterocycles. The Bertz CT molecular complexity index is 471. The summed E-state index contributed by atoms with van der Waals surface area (Å²) in [7, 11) is 0. The van der Waals surface area contributed by atoms with Gasteiger partial charge in [-0.2, -0.15) is 0 Å². The minimum Gasteiger partial charge on any atom is -0.397 e. The molecular formula is C12H12BrN3. The molecule has 0 aliphatic carbocycles. The van der Waals surface area contributed by atoms with E-state index in [0.29, 0.717) is 0 Å². The lowest BCUT2D eigenvalue weighted by molar-refractivity contribution is 1.13. The molecule has 0 aliphatic heterocycles. The van der Waals surface area contributed by atoms with Crippen LogP contribution in [0, 0.1) is 0 Å². The maximum absolute atomic E-state index is 5.88. The lowest BCUT2D eigenvalue weighted by Crippen LogP contribution is -2.02. The Morgan fingerprint density at radius 2 is 1.94 bits per heavy atom. The molecule has 2 aromatic rings. The molecule has 0 fully saturated rings. The second-order valence-corrected chi connectivity index (χ2v) is 4.36. The van der Waals surface area contributed by atoms with Crippen LogP contribution in [-0.4, -0.2) is 4.98 Å². The average Bonchev–Trinajstić information content (AvgIpc) is 2.29. The summed E-state index contributed by atoms with van der Waals surface area (Å²) in [4.78, 5) is 3.97. The number of aromatic nitrogens is 1. The highest BCUT2D eigenvalue weighted by atomic mass is 79.9. The van der Waals surface area contributed by atoms with E-state index in [2.05, 4.69) is 26.2 Å². The molecule has 0 bridgehead atoms. The van der Waals surface area contributed by atoms with Gasteiger partial charge in [0.1, 0.15) is 0 Å². The second-order valence-electron chi connectivity index (χ2n) is 3.44. The topological polar surface area (TPSA) is 50.9 Å². The van der Waals surface area contributed by atoms with Crippen LogP contribution in [0.5, 0.6) is 0 Å². The minimum atomic E-state index is 0.739. The maximum Gasteiger partial charge on any atom is 0.0577 e. The molecule has 82 valence electrons. The van der Waals surface area contributed by atoms with Crippen molar-refractivity contribution in [3.63, 3.8) is 0 Å². The monoisotopic (exact) mass is 277 g/mol. The number of nitrogens with two attached hydrogens (primary N) is 1. The van der Waals surface area contributed by atoms with Crippen LogP contribution in [0.1, 0.15) is 5.56 Å². The summed E-state index contributed by atoms with van der Waals surface area (Å²) < 4.78 is 0.986. The van der Waals surface area contributed by atoms with Gasteiger partial charge in [-0.25, -0.2) is 0 Å². The highest BCUT2D eigenvalue weighted by Crippen LogP contribution is 2.23. The molecule has 3 nitrogen and oxygen atoms in total. The second kappa shape index (κ2) is 4.99. The standard InChI is InChI=1S/C12H12BrN3/c13-10-1-2-12(11(14)7-10)16-8-9-3-5-15-6-4-9/h1-7,16H,8,14H2. The number of benzene rings is 1. The molecule has 0 saturated heterocycles. The Labute approximate surface area is 103 Å². The molecule has 2 rings (SSSR count). The Morgan fingerprint density at radius 1 is 1.19 bits per heavy atom. The summed E-state index contributed by atoms with van der Waals surface area (Å²) >= 11 is 3.38. The third-order valence-electron chi connectivity index (χ3n) is 2.25. The van der Waals surface area contributed by atoms with Crippen molar-refractivity contribution in [3.05, 3.63) is 52.8 Å². The Morgan fingerprint density at radius 3 is 2.62 bits per heavy atom. The third kappa shape index (κ3) is 2.73. The van der Waals surface area contributed by atoms with E-state index in [0.717, 1.165) is 22.4 Å². The summed E-state index contributed by atoms with van der Waals surface area (Å²) in [6.07, 6.45) is 3.56. The first kappa shape index (κ1) is 11.0. The predicted molar refractivity (Wildman–Crippen MR) is 70.1 cm³/mol. The van der Waals surface area contributed by atoms with Crippen LogP contribution in [0.15, 0.2) is 47.2 Å². The number of rotatable bonds is 3. The number of nitrogen functional groups attached to an aromatic ring is 1. The van der Waals surface area contributed by atoms with Gasteiger partial charge >= 0.3 is 0 Å². The summed E-state index contributed by atoms with van der Waals surface area (Å²) in [5.74, 6) is 0. The van der Waals surface area contributed by atoms with Crippen molar-refractivity contribution in [3.8, 4) is 0 Å². The number of anilines is 2. The van der Waals surface area contributed by atoms with E-state index in [9.17, 15) is 0 Å². The molecule has 0 spiro atoms. The number of nitrogens with zero attached hydrogens (tertiary/aromatic N) is 1. The van der Waals surface area contributed by atoms with E-state index in [-0.39, 0.29) is 0 Å². The third-order valence-corrected chi connectivity index (χ3v) is 2.74. The van der Waals surface area contributed by atoms with Crippen LogP contribution < -0.4 is 11.1 Å². The molecule has 0 unspecified atom stereocenters. The fourth-order valence-corrected chi connectivity index (χ4v) is 1.77. The van der Waals surface area contributed by atoms with Crippen molar-refractivity contribution in [1.29, 1.82) is 0 Å². The van der Waals surface area contributed by atoms with E-state index in [1.165, 1.54) is 5.56 Å². The maximum atomic E-state index is 5.88. The number of hydrogen-bond donors (Lipinski definition) is 2. The molecular weight excluding hydrogens is 266 g/mol. The first-order valence-electron chi connectivity index (χ1n) is 4.93. The molecule has 1 aromatic heterocycles. The van der Waals surface area contributed by atoms with Crippen molar-refractivity contribution in [2.24, 2.45) is 0 Å². The van der Waals surface area contributed by atoms with Crippen LogP contribution in [0.25, 0.3) is 0 Å². The molecule has 1 aromatic carbocycles. The average molecular weight is 278 g/mol. The number of halogens is 1. The van der Waals surface area contributed by atoms with Crippen LogP contribution in [-0.2, 0) is 6.54 Å². The molecule has 4 heteroatoms. The van der Waals surface area contributed by atoms with Gasteiger partial charge in [0.2, 0.25) is 0 Å². The minimum absolute atomic E-state index is 0.739. The number of nitrogens with one attached hydrogen (secondary N) is 1. The van der Waals surface area contributed by atoms with Gasteiger partial charge in [-0.15, -0.1) is 0 Å². The van der Waals surface area contributed by atoms with Crippen LogP contribution in [0.4, 0.5) is 11.4 Å². The summed E-state index contributed by atoms with van der Waals surface area (Å²) in [6.45, 7) is 0.744. The lowest BCUT2D eigenvalue weighted by Gasteiger charge is -2.09. The molecule has 0 atom stereocenters. The van der Waals surface area contributed by atoms with Crippen molar-refractivity contribution in [2.75, 3.05) is 11.1 Å². The van der Waals surface area contributed by atoms with E-state index >= 15 is 0 Å². The zero-order valence-corrected chi connectivity index (χ0v) is 10.2. The first-order chi connectivity index (χ1) is 7.75. The molecule has 0 aliphatic rings. The van der Waals surface area contributed by atoms with E-state index < -0.39 is 0 Å². The lowest BCUT2D eigenvalue weighted by atomic mass is 10.2. The number of pyridine rings is 1. The van der Waals surface area contributed by atoms with Crippen LogP contribution >= 0.6 is 15.9 Å². The smallest absolute Gasteiger partial charge is 0.0577 e. The van der Waals surface area contributed by atoms with E-state index in [4.69, 9.17) is 5.73 Å². The Balaban J connectivity index is 2.05. The van der Waals surface area contributed by atoms with Crippen molar-refractivity contribution < 1.29 is 0 Å². The zero-order chi connectivity index (χ0) is 11.4. The molecule has 16 heavy (non-hydrogen) atoms. The van der Waals surface area contributed by atoms with Gasteiger partial charge in [-0.05, 0) is 35.9 Å². The summed E-state index contributed by atoms with van der Waals surface area (Å²) in [5, 5.41) is 3.28. The quantitative estimate of drug-likeness (QED) is 0.848. The van der Waals surface area contributed by atoms with Crippen molar-refractivity contribution >= 4 is 27.3 Å². The van der Waals surface area contributed by atoms with Crippen LogP contribution in [0.2, 0.25) is 0 Å². The molecule has 0 amide bonds. The van der Waals surface area contributed by atoms with Gasteiger partial charge in [0.25, 0.3) is 0 Å². The normalized spacial score (nSPS) is 10.1. The molecule has 0 radical (unpaired) electrons. The van der Waals surface area contributed by atoms with Gasteiger partial charge < -0.3 is 11.1 Å². The van der Waals surface area contributed by atoms with Crippen LogP contribution in [0.3, 0.4) is 0 Å². The largest absolute Gasteiger partial charge is 0.397 e. The van der Waals surface area contributed by atoms with Gasteiger partial charge in [0, 0.05) is 23.4 Å². The first-order valence-corrected chi connectivity index (χ1v) is 5.73. The fraction of sp³-hybridized carbons (Fsp3) is 0.0833. The van der Waals surface area contributed by atoms with E-state index in [1.807, 2.05) is 30.3 Å². The van der Waals surface area contributed by atoms with Gasteiger partial charge in [-0.1, -0.05) is 15.9 Å². The van der Waals surface area contributed by atoms with Crippen molar-refractivity contribution in [2.45, 2.75) is 6.54 Å². The Hall–Kier alpha value is -1.55. The fourth-order valence-electron chi connectivity index (χ4n) is 1.39.